The molecule has 0 aromatic carbocycles. The summed E-state index contributed by atoms with van der Waals surface area (Å²) in [5.74, 6) is 0. The van der Waals surface area contributed by atoms with Gasteiger partial charge in [-0.3, -0.25) is 0 Å². The molecule has 0 N–H and O–H groups in total. The summed E-state index contributed by atoms with van der Waals surface area (Å²) in [6.07, 6.45) is 0. The SMILES string of the molecule is CCOCOCOCC(C)(C)COCOCOCC. The van der Waals surface area contributed by atoms with Crippen LogP contribution in [0.3, 0.4) is 0 Å². The van der Waals surface area contributed by atoms with Crippen molar-refractivity contribution in [2.45, 2.75) is 27.7 Å². The highest BCUT2D eigenvalue weighted by Gasteiger charge is 2.18. The monoisotopic (exact) mass is 280 g/mol. The Kier molecular flexibility index (Phi) is 12.6. The van der Waals surface area contributed by atoms with E-state index in [4.69, 9.17) is 28.4 Å². The van der Waals surface area contributed by atoms with Gasteiger partial charge in [0.2, 0.25) is 0 Å². The Morgan fingerprint density at radius 3 is 1.32 bits per heavy atom. The second-order valence-electron chi connectivity index (χ2n) is 4.73. The van der Waals surface area contributed by atoms with Gasteiger partial charge in [-0.15, -0.1) is 0 Å². The predicted molar refractivity (Wildman–Crippen MR) is 70.6 cm³/mol. The molecule has 0 rings (SSSR count). The van der Waals surface area contributed by atoms with Crippen molar-refractivity contribution in [1.82, 2.24) is 0 Å². The van der Waals surface area contributed by atoms with Crippen molar-refractivity contribution >= 4 is 0 Å². The molecule has 0 atom stereocenters. The minimum atomic E-state index is -0.0933. The Morgan fingerprint density at radius 2 is 0.947 bits per heavy atom. The van der Waals surface area contributed by atoms with Crippen LogP contribution in [0.1, 0.15) is 27.7 Å². The summed E-state index contributed by atoms with van der Waals surface area (Å²) in [6.45, 7) is 11.3. The number of hydrogen-bond acceptors (Lipinski definition) is 6. The fourth-order valence-corrected chi connectivity index (χ4v) is 1.15. The van der Waals surface area contributed by atoms with Gasteiger partial charge in [-0.1, -0.05) is 13.8 Å². The molecule has 0 amide bonds. The summed E-state index contributed by atoms with van der Waals surface area (Å²) < 4.78 is 31.1. The molecule has 0 saturated carbocycles. The lowest BCUT2D eigenvalue weighted by Crippen LogP contribution is -2.27. The van der Waals surface area contributed by atoms with E-state index in [0.717, 1.165) is 0 Å². The van der Waals surface area contributed by atoms with Crippen LogP contribution in [-0.4, -0.2) is 53.6 Å². The molecule has 0 saturated heterocycles. The molecule has 0 spiro atoms. The molecule has 0 radical (unpaired) electrons. The van der Waals surface area contributed by atoms with Crippen LogP contribution in [0.4, 0.5) is 0 Å². The highest BCUT2D eigenvalue weighted by atomic mass is 16.7. The Labute approximate surface area is 116 Å². The summed E-state index contributed by atoms with van der Waals surface area (Å²) in [4.78, 5) is 0. The third-order valence-corrected chi connectivity index (χ3v) is 2.06. The van der Waals surface area contributed by atoms with E-state index < -0.39 is 0 Å². The summed E-state index contributed by atoms with van der Waals surface area (Å²) in [5.41, 5.74) is -0.0933. The molecule has 0 bridgehead atoms. The average molecular weight is 280 g/mol. The lowest BCUT2D eigenvalue weighted by Gasteiger charge is -2.24. The second kappa shape index (κ2) is 12.8. The molecular formula is C13H28O6. The Hall–Kier alpha value is -0.240. The van der Waals surface area contributed by atoms with Crippen molar-refractivity contribution in [3.8, 4) is 0 Å². The normalized spacial score (nSPS) is 12.0. The molecule has 6 nitrogen and oxygen atoms in total. The van der Waals surface area contributed by atoms with Crippen LogP contribution in [0.25, 0.3) is 0 Å². The molecule has 19 heavy (non-hydrogen) atoms. The van der Waals surface area contributed by atoms with E-state index in [-0.39, 0.29) is 32.6 Å². The van der Waals surface area contributed by atoms with E-state index in [0.29, 0.717) is 26.4 Å². The van der Waals surface area contributed by atoms with Gasteiger partial charge in [0.05, 0.1) is 13.2 Å². The van der Waals surface area contributed by atoms with Crippen LogP contribution >= 0.6 is 0 Å². The van der Waals surface area contributed by atoms with Crippen LogP contribution in [0.15, 0.2) is 0 Å². The molecule has 0 aromatic rings. The maximum Gasteiger partial charge on any atom is 0.149 e. The topological polar surface area (TPSA) is 55.4 Å². The molecule has 0 aliphatic heterocycles. The average Bonchev–Trinajstić information content (AvgIpc) is 2.38. The second-order valence-corrected chi connectivity index (χ2v) is 4.73. The first-order valence-corrected chi connectivity index (χ1v) is 6.59. The van der Waals surface area contributed by atoms with Crippen LogP contribution < -0.4 is 0 Å². The van der Waals surface area contributed by atoms with Gasteiger partial charge in [-0.2, -0.15) is 0 Å². The van der Waals surface area contributed by atoms with Crippen molar-refractivity contribution in [2.24, 2.45) is 5.41 Å². The predicted octanol–water partition coefficient (Wildman–Crippen LogP) is 1.98. The van der Waals surface area contributed by atoms with Gasteiger partial charge in [0.15, 0.2) is 0 Å². The molecule has 0 heterocycles. The van der Waals surface area contributed by atoms with Gasteiger partial charge in [-0.05, 0) is 13.8 Å². The first-order chi connectivity index (χ1) is 9.12. The molecule has 0 fully saturated rings. The zero-order valence-electron chi connectivity index (χ0n) is 12.6. The lowest BCUT2D eigenvalue weighted by atomic mass is 9.96. The van der Waals surface area contributed by atoms with Crippen LogP contribution in [0, 0.1) is 5.41 Å². The number of rotatable bonds is 14. The van der Waals surface area contributed by atoms with E-state index >= 15 is 0 Å². The fourth-order valence-electron chi connectivity index (χ4n) is 1.15. The molecule has 6 heteroatoms. The smallest absolute Gasteiger partial charge is 0.149 e. The van der Waals surface area contributed by atoms with Crippen LogP contribution in [-0.2, 0) is 28.4 Å². The first-order valence-electron chi connectivity index (χ1n) is 6.59. The standard InChI is InChI=1S/C13H28O6/c1-5-14-9-18-11-16-7-13(3,4)8-17-12-19-10-15-6-2/h5-12H2,1-4H3. The Morgan fingerprint density at radius 1 is 0.579 bits per heavy atom. The van der Waals surface area contributed by atoms with Crippen LogP contribution in [0.5, 0.6) is 0 Å². The maximum atomic E-state index is 5.39. The zero-order chi connectivity index (χ0) is 14.4. The lowest BCUT2D eigenvalue weighted by molar-refractivity contribution is -0.161. The molecule has 0 aliphatic rings. The summed E-state index contributed by atoms with van der Waals surface area (Å²) >= 11 is 0. The minimum absolute atomic E-state index is 0.0933. The Balaban J connectivity index is 3.36. The first kappa shape index (κ1) is 18.8. The molecule has 0 aliphatic carbocycles. The number of ether oxygens (including phenoxy) is 6. The van der Waals surface area contributed by atoms with Gasteiger partial charge in [-0.25, -0.2) is 0 Å². The molecule has 0 unspecified atom stereocenters. The van der Waals surface area contributed by atoms with E-state index in [1.54, 1.807) is 0 Å². The summed E-state index contributed by atoms with van der Waals surface area (Å²) in [7, 11) is 0. The quantitative estimate of drug-likeness (QED) is 0.358. The van der Waals surface area contributed by atoms with Crippen LogP contribution in [0.2, 0.25) is 0 Å². The highest BCUT2D eigenvalue weighted by molar-refractivity contribution is 4.65. The van der Waals surface area contributed by atoms with Crippen molar-refractivity contribution in [2.75, 3.05) is 53.6 Å². The third-order valence-electron chi connectivity index (χ3n) is 2.06. The van der Waals surface area contributed by atoms with Crippen molar-refractivity contribution < 1.29 is 28.4 Å². The van der Waals surface area contributed by atoms with Crippen molar-refractivity contribution in [3.63, 3.8) is 0 Å². The minimum Gasteiger partial charge on any atom is -0.356 e. The zero-order valence-corrected chi connectivity index (χ0v) is 12.6. The summed E-state index contributed by atoms with van der Waals surface area (Å²) in [6, 6.07) is 0. The molecule has 116 valence electrons. The number of hydrogen-bond donors (Lipinski definition) is 0. The van der Waals surface area contributed by atoms with E-state index in [9.17, 15) is 0 Å². The van der Waals surface area contributed by atoms with E-state index in [1.165, 1.54) is 0 Å². The Bertz CT molecular complexity index is 168. The molecule has 0 aromatic heterocycles. The molecular weight excluding hydrogens is 252 g/mol. The van der Waals surface area contributed by atoms with Crippen molar-refractivity contribution in [3.05, 3.63) is 0 Å². The fraction of sp³-hybridized carbons (Fsp3) is 1.00. The van der Waals surface area contributed by atoms with Gasteiger partial charge < -0.3 is 28.4 Å². The van der Waals surface area contributed by atoms with E-state index in [1.807, 2.05) is 13.8 Å². The maximum absolute atomic E-state index is 5.39. The summed E-state index contributed by atoms with van der Waals surface area (Å²) in [5, 5.41) is 0. The van der Waals surface area contributed by atoms with Gasteiger partial charge in [0, 0.05) is 18.6 Å². The largest absolute Gasteiger partial charge is 0.356 e. The van der Waals surface area contributed by atoms with E-state index in [2.05, 4.69) is 13.8 Å². The van der Waals surface area contributed by atoms with Gasteiger partial charge in [0.25, 0.3) is 0 Å². The highest BCUT2D eigenvalue weighted by Crippen LogP contribution is 2.15. The van der Waals surface area contributed by atoms with Gasteiger partial charge >= 0.3 is 0 Å². The third kappa shape index (κ3) is 14.0. The van der Waals surface area contributed by atoms with Gasteiger partial charge in [0.1, 0.15) is 27.2 Å². The van der Waals surface area contributed by atoms with Crippen molar-refractivity contribution in [1.29, 1.82) is 0 Å².